The van der Waals surface area contributed by atoms with E-state index in [9.17, 15) is 28.1 Å². The van der Waals surface area contributed by atoms with E-state index in [2.05, 4.69) is 22.3 Å². The molecule has 174 valence electrons. The first-order chi connectivity index (χ1) is 15.1. The third kappa shape index (κ3) is 4.86. The van der Waals surface area contributed by atoms with Gasteiger partial charge in [0.05, 0.1) is 15.9 Å². The molecule has 0 amide bonds. The Morgan fingerprint density at radius 2 is 1.81 bits per heavy atom. The highest BCUT2D eigenvalue weighted by Gasteiger charge is 2.34. The fourth-order valence-electron chi connectivity index (χ4n) is 4.25. The molecule has 0 radical (unpaired) electrons. The van der Waals surface area contributed by atoms with Crippen molar-refractivity contribution in [3.8, 4) is 0 Å². The average molecular weight is 472 g/mol. The molecule has 0 spiro atoms. The second-order valence-electron chi connectivity index (χ2n) is 8.49. The van der Waals surface area contributed by atoms with Crippen LogP contribution in [0.1, 0.15) is 38.2 Å². The summed E-state index contributed by atoms with van der Waals surface area (Å²) in [6.45, 7) is 4.74. The van der Waals surface area contributed by atoms with Crippen LogP contribution < -0.4 is 15.9 Å². The minimum absolute atomic E-state index is 0.0881. The molecule has 2 heterocycles. The van der Waals surface area contributed by atoms with Crippen LogP contribution in [0, 0.1) is 16.0 Å². The maximum Gasteiger partial charge on any atom is 0.416 e. The van der Waals surface area contributed by atoms with Gasteiger partial charge in [-0.2, -0.15) is 18.2 Å². The van der Waals surface area contributed by atoms with Crippen molar-refractivity contribution in [2.75, 3.05) is 31.1 Å². The number of halogens is 3. The first-order valence-electron chi connectivity index (χ1n) is 10.6. The van der Waals surface area contributed by atoms with Gasteiger partial charge in [0, 0.05) is 38.3 Å². The summed E-state index contributed by atoms with van der Waals surface area (Å²) in [4.78, 5) is 28.9. The van der Waals surface area contributed by atoms with Crippen molar-refractivity contribution in [2.24, 2.45) is 5.92 Å². The van der Waals surface area contributed by atoms with Crippen LogP contribution in [0.5, 0.6) is 0 Å². The Labute approximate surface area is 186 Å². The third-order valence-electron chi connectivity index (χ3n) is 6.15. The molecule has 1 aliphatic carbocycles. The Kier molecular flexibility index (Phi) is 6.37. The van der Waals surface area contributed by atoms with Crippen LogP contribution in [-0.2, 0) is 6.18 Å². The van der Waals surface area contributed by atoms with Crippen molar-refractivity contribution in [2.45, 2.75) is 44.8 Å². The van der Waals surface area contributed by atoms with Gasteiger partial charge in [0.2, 0.25) is 0 Å². The van der Waals surface area contributed by atoms with Gasteiger partial charge in [-0.15, -0.1) is 0 Å². The molecule has 2 aromatic rings. The van der Waals surface area contributed by atoms with Crippen LogP contribution in [0.4, 0.5) is 24.0 Å². The van der Waals surface area contributed by atoms with E-state index in [4.69, 9.17) is 0 Å². The van der Waals surface area contributed by atoms with Gasteiger partial charge in [-0.25, -0.2) is 5.01 Å². The number of alkyl halides is 3. The minimum atomic E-state index is -4.80. The molecule has 2 fully saturated rings. The van der Waals surface area contributed by atoms with Gasteiger partial charge in [0.1, 0.15) is 4.70 Å². The zero-order valence-corrected chi connectivity index (χ0v) is 18.3. The van der Waals surface area contributed by atoms with Gasteiger partial charge in [-0.3, -0.25) is 20.3 Å². The van der Waals surface area contributed by atoms with Crippen LogP contribution >= 0.6 is 11.3 Å². The Balaban J connectivity index is 1.53. The van der Waals surface area contributed by atoms with Crippen LogP contribution in [0.25, 0.3) is 10.1 Å². The normalized spacial score (nSPS) is 22.9. The summed E-state index contributed by atoms with van der Waals surface area (Å²) in [5.74, 6) is 0.767. The molecule has 1 saturated heterocycles. The Morgan fingerprint density at radius 3 is 2.41 bits per heavy atom. The number of piperazine rings is 1. The lowest BCUT2D eigenvalue weighted by Gasteiger charge is -2.38. The zero-order valence-electron chi connectivity index (χ0n) is 17.5. The Hall–Kier alpha value is -2.31. The van der Waals surface area contributed by atoms with E-state index in [0.717, 1.165) is 30.1 Å². The monoisotopic (exact) mass is 471 g/mol. The molecule has 0 bridgehead atoms. The zero-order chi connectivity index (χ0) is 23.0. The first kappa shape index (κ1) is 22.9. The van der Waals surface area contributed by atoms with Crippen molar-refractivity contribution < 1.29 is 18.1 Å². The predicted octanol–water partition coefficient (Wildman–Crippen LogP) is 3.79. The summed E-state index contributed by atoms with van der Waals surface area (Å²) in [7, 11) is 0. The number of benzene rings is 1. The van der Waals surface area contributed by atoms with E-state index in [1.807, 2.05) is 4.90 Å². The van der Waals surface area contributed by atoms with Gasteiger partial charge in [-0.1, -0.05) is 18.3 Å². The molecule has 1 aromatic heterocycles. The van der Waals surface area contributed by atoms with E-state index in [-0.39, 0.29) is 15.2 Å². The highest BCUT2D eigenvalue weighted by molar-refractivity contribution is 7.22. The summed E-state index contributed by atoms with van der Waals surface area (Å²) in [6, 6.07) is 1.58. The van der Waals surface area contributed by atoms with Gasteiger partial charge in [0.25, 0.3) is 11.2 Å². The quantitative estimate of drug-likeness (QED) is 0.536. The molecule has 1 N–H and O–H groups in total. The first-order valence-corrected chi connectivity index (χ1v) is 11.4. The van der Waals surface area contributed by atoms with Gasteiger partial charge in [-0.05, 0) is 37.7 Å². The number of hydrogen-bond acceptors (Lipinski definition) is 8. The maximum absolute atomic E-state index is 13.1. The molecular weight excluding hydrogens is 447 g/mol. The van der Waals surface area contributed by atoms with E-state index < -0.39 is 27.9 Å². The van der Waals surface area contributed by atoms with Gasteiger partial charge >= 0.3 is 6.18 Å². The second kappa shape index (κ2) is 8.91. The average Bonchev–Trinajstić information content (AvgIpc) is 2.74. The molecule has 1 aromatic carbocycles. The summed E-state index contributed by atoms with van der Waals surface area (Å²) in [5, 5.41) is 13.5. The lowest BCUT2D eigenvalue weighted by molar-refractivity contribution is -0.383. The van der Waals surface area contributed by atoms with Crippen molar-refractivity contribution in [3.63, 3.8) is 0 Å². The van der Waals surface area contributed by atoms with Crippen molar-refractivity contribution in [3.05, 3.63) is 38.2 Å². The summed E-state index contributed by atoms with van der Waals surface area (Å²) in [6.07, 6.45) is -0.102. The summed E-state index contributed by atoms with van der Waals surface area (Å²) in [5.41, 5.74) is 0.720. The molecule has 8 nitrogen and oxygen atoms in total. The van der Waals surface area contributed by atoms with E-state index >= 15 is 0 Å². The predicted molar refractivity (Wildman–Crippen MR) is 116 cm³/mol. The van der Waals surface area contributed by atoms with Gasteiger partial charge < -0.3 is 4.90 Å². The van der Waals surface area contributed by atoms with Crippen molar-refractivity contribution in [1.29, 1.82) is 0 Å². The standard InChI is InChI=1S/C20H24F3N5O3S/c1-12-2-4-14(5-3-12)25-27-8-6-26(7-9-27)19-24-18(29)15-10-13(20(21,22)23)11-16(28(30)31)17(15)32-19/h10-12,14,25H,2-9H2,1H3. The van der Waals surface area contributed by atoms with Gasteiger partial charge in [0.15, 0.2) is 5.13 Å². The Bertz CT molecular complexity index is 1060. The van der Waals surface area contributed by atoms with E-state index in [0.29, 0.717) is 44.4 Å². The molecule has 4 rings (SSSR count). The number of anilines is 1. The van der Waals surface area contributed by atoms with Crippen LogP contribution in [0.15, 0.2) is 16.9 Å². The number of rotatable bonds is 4. The molecule has 0 unspecified atom stereocenters. The van der Waals surface area contributed by atoms with Crippen LogP contribution in [-0.4, -0.2) is 47.1 Å². The van der Waals surface area contributed by atoms with Crippen molar-refractivity contribution >= 4 is 32.2 Å². The number of non-ortho nitro benzene ring substituents is 1. The molecule has 1 aliphatic heterocycles. The lowest BCUT2D eigenvalue weighted by Crippen LogP contribution is -2.55. The van der Waals surface area contributed by atoms with E-state index in [1.54, 1.807) is 0 Å². The summed E-state index contributed by atoms with van der Waals surface area (Å²) >= 11 is 0.886. The highest BCUT2D eigenvalue weighted by atomic mass is 32.1. The van der Waals surface area contributed by atoms with E-state index in [1.165, 1.54) is 12.8 Å². The smallest absolute Gasteiger partial charge is 0.345 e. The molecular formula is C20H24F3N5O3S. The fourth-order valence-corrected chi connectivity index (χ4v) is 5.37. The number of fused-ring (bicyclic) bond motifs is 1. The molecule has 32 heavy (non-hydrogen) atoms. The SMILES string of the molecule is CC1CCC(NN2CCN(c3nc(=O)c4cc(C(F)(F)F)cc([N+](=O)[O-])c4s3)CC2)CC1. The number of nitro groups is 1. The fraction of sp³-hybridized carbons (Fsp3) is 0.600. The third-order valence-corrected chi connectivity index (χ3v) is 7.31. The maximum atomic E-state index is 13.1. The highest BCUT2D eigenvalue weighted by Crippen LogP contribution is 2.38. The number of hydrazine groups is 1. The lowest BCUT2D eigenvalue weighted by atomic mass is 9.88. The van der Waals surface area contributed by atoms with Crippen LogP contribution in [0.3, 0.4) is 0 Å². The number of nitro benzene ring substituents is 1. The Morgan fingerprint density at radius 1 is 1.16 bits per heavy atom. The topological polar surface area (TPSA) is 91.6 Å². The number of nitrogens with zero attached hydrogens (tertiary/aromatic N) is 4. The molecule has 1 saturated carbocycles. The number of hydrogen-bond donors (Lipinski definition) is 1. The second-order valence-corrected chi connectivity index (χ2v) is 9.47. The van der Waals surface area contributed by atoms with Crippen molar-refractivity contribution in [1.82, 2.24) is 15.4 Å². The molecule has 2 aliphatic rings. The largest absolute Gasteiger partial charge is 0.416 e. The molecule has 0 atom stereocenters. The summed E-state index contributed by atoms with van der Waals surface area (Å²) < 4.78 is 39.3. The molecule has 12 heteroatoms. The number of nitrogens with one attached hydrogen (secondary N) is 1. The number of aromatic nitrogens is 1. The van der Waals surface area contributed by atoms with Crippen LogP contribution in [0.2, 0.25) is 0 Å². The minimum Gasteiger partial charge on any atom is -0.345 e.